The van der Waals surface area contributed by atoms with E-state index in [0.717, 1.165) is 44.8 Å². The van der Waals surface area contributed by atoms with Crippen LogP contribution in [0.5, 0.6) is 0 Å². The van der Waals surface area contributed by atoms with Gasteiger partial charge in [-0.05, 0) is 37.9 Å². The number of likely N-dealkylation sites (N-methyl/N-ethyl adjacent to an activating group) is 1. The molecule has 1 fully saturated rings. The first kappa shape index (κ1) is 15.8. The van der Waals surface area contributed by atoms with Crippen LogP contribution < -0.4 is 5.73 Å². The van der Waals surface area contributed by atoms with Crippen molar-refractivity contribution in [1.29, 1.82) is 0 Å². The maximum absolute atomic E-state index is 12.2. The fourth-order valence-electron chi connectivity index (χ4n) is 2.58. The molecular formula is C13H27N3OS. The first-order chi connectivity index (χ1) is 8.63. The largest absolute Gasteiger partial charge is 0.340 e. The van der Waals surface area contributed by atoms with E-state index in [0.29, 0.717) is 6.04 Å². The highest BCUT2D eigenvalue weighted by molar-refractivity contribution is 7.98. The summed E-state index contributed by atoms with van der Waals surface area (Å²) in [5.74, 6) is 1.10. The Morgan fingerprint density at radius 2 is 2.17 bits per heavy atom. The lowest BCUT2D eigenvalue weighted by Gasteiger charge is -2.26. The Bertz CT molecular complexity index is 259. The Balaban J connectivity index is 2.43. The lowest BCUT2D eigenvalue weighted by molar-refractivity contribution is -0.131. The number of carbonyl (C=O) groups is 1. The first-order valence-electron chi connectivity index (χ1n) is 6.91. The van der Waals surface area contributed by atoms with Crippen LogP contribution in [0.15, 0.2) is 0 Å². The van der Waals surface area contributed by atoms with Crippen LogP contribution in [-0.4, -0.2) is 66.0 Å². The molecule has 0 aromatic heterocycles. The third-order valence-corrected chi connectivity index (χ3v) is 4.40. The van der Waals surface area contributed by atoms with Gasteiger partial charge in [-0.2, -0.15) is 11.8 Å². The van der Waals surface area contributed by atoms with E-state index < -0.39 is 0 Å². The number of amides is 1. The number of thioether (sulfide) groups is 1. The van der Waals surface area contributed by atoms with Crippen molar-refractivity contribution in [2.24, 2.45) is 5.73 Å². The second kappa shape index (κ2) is 8.02. The van der Waals surface area contributed by atoms with Crippen LogP contribution in [0.25, 0.3) is 0 Å². The first-order valence-corrected chi connectivity index (χ1v) is 8.30. The summed E-state index contributed by atoms with van der Waals surface area (Å²) in [6.45, 7) is 8.19. The smallest absolute Gasteiger partial charge is 0.239 e. The van der Waals surface area contributed by atoms with Gasteiger partial charge in [0.15, 0.2) is 0 Å². The normalized spacial score (nSPS) is 21.6. The van der Waals surface area contributed by atoms with Crippen LogP contribution in [0, 0.1) is 0 Å². The zero-order valence-corrected chi connectivity index (χ0v) is 12.7. The van der Waals surface area contributed by atoms with Gasteiger partial charge >= 0.3 is 0 Å². The third kappa shape index (κ3) is 4.14. The third-order valence-electron chi connectivity index (χ3n) is 3.75. The van der Waals surface area contributed by atoms with E-state index in [2.05, 4.69) is 18.7 Å². The minimum atomic E-state index is -0.312. The highest BCUT2D eigenvalue weighted by atomic mass is 32.2. The van der Waals surface area contributed by atoms with E-state index in [4.69, 9.17) is 5.73 Å². The standard InChI is InChI=1S/C13H27N3OS/c1-4-15(5-2)11-6-8-16(10-11)13(17)12(14)7-9-18-3/h11-12H,4-10,14H2,1-3H3/t11?,12-/m0/s1. The summed E-state index contributed by atoms with van der Waals surface area (Å²) < 4.78 is 0. The predicted molar refractivity (Wildman–Crippen MR) is 78.9 cm³/mol. The van der Waals surface area contributed by atoms with Crippen LogP contribution in [0.3, 0.4) is 0 Å². The van der Waals surface area contributed by atoms with Gasteiger partial charge in [-0.25, -0.2) is 0 Å². The highest BCUT2D eigenvalue weighted by Crippen LogP contribution is 2.16. The van der Waals surface area contributed by atoms with Gasteiger partial charge < -0.3 is 10.6 Å². The molecule has 1 rings (SSSR count). The van der Waals surface area contributed by atoms with Crippen molar-refractivity contribution in [1.82, 2.24) is 9.80 Å². The summed E-state index contributed by atoms with van der Waals surface area (Å²) in [7, 11) is 0. The molecule has 0 radical (unpaired) electrons. The molecule has 1 aliphatic rings. The number of hydrogen-bond donors (Lipinski definition) is 1. The molecule has 1 aliphatic heterocycles. The van der Waals surface area contributed by atoms with Gasteiger partial charge in [0, 0.05) is 19.1 Å². The zero-order valence-electron chi connectivity index (χ0n) is 11.9. The van der Waals surface area contributed by atoms with Gasteiger partial charge in [0.1, 0.15) is 0 Å². The van der Waals surface area contributed by atoms with Gasteiger partial charge in [-0.15, -0.1) is 0 Å². The molecule has 0 aromatic rings. The van der Waals surface area contributed by atoms with Gasteiger partial charge in [0.05, 0.1) is 6.04 Å². The fraction of sp³-hybridized carbons (Fsp3) is 0.923. The molecule has 0 aliphatic carbocycles. The van der Waals surface area contributed by atoms with E-state index in [-0.39, 0.29) is 11.9 Å². The number of rotatable bonds is 7. The number of nitrogens with two attached hydrogens (primary N) is 1. The van der Waals surface area contributed by atoms with Crippen molar-refractivity contribution < 1.29 is 4.79 Å². The molecule has 2 N–H and O–H groups in total. The fourth-order valence-corrected chi connectivity index (χ4v) is 3.07. The number of carbonyl (C=O) groups excluding carboxylic acids is 1. The maximum atomic E-state index is 12.2. The lowest BCUT2D eigenvalue weighted by Crippen LogP contribution is -2.45. The Labute approximate surface area is 115 Å². The van der Waals surface area contributed by atoms with E-state index in [1.807, 2.05) is 11.2 Å². The summed E-state index contributed by atoms with van der Waals surface area (Å²) in [4.78, 5) is 16.6. The average molecular weight is 273 g/mol. The molecule has 5 heteroatoms. The van der Waals surface area contributed by atoms with Gasteiger partial charge in [0.2, 0.25) is 5.91 Å². The monoisotopic (exact) mass is 273 g/mol. The SMILES string of the molecule is CCN(CC)C1CCN(C(=O)[C@@H](N)CCSC)C1. The number of likely N-dealkylation sites (tertiary alicyclic amines) is 1. The molecule has 0 saturated carbocycles. The van der Waals surface area contributed by atoms with Crippen LogP contribution in [-0.2, 0) is 4.79 Å². The predicted octanol–water partition coefficient (Wildman–Crippen LogP) is 1.01. The van der Waals surface area contributed by atoms with Crippen molar-refractivity contribution in [2.75, 3.05) is 38.2 Å². The second-order valence-electron chi connectivity index (χ2n) is 4.84. The Kier molecular flexibility index (Phi) is 7.04. The van der Waals surface area contributed by atoms with Gasteiger partial charge in [0.25, 0.3) is 0 Å². The Morgan fingerprint density at radius 1 is 1.50 bits per heavy atom. The molecule has 2 atom stereocenters. The highest BCUT2D eigenvalue weighted by Gasteiger charge is 2.31. The van der Waals surface area contributed by atoms with Crippen molar-refractivity contribution in [3.63, 3.8) is 0 Å². The van der Waals surface area contributed by atoms with Crippen LogP contribution in [0.4, 0.5) is 0 Å². The van der Waals surface area contributed by atoms with Crippen LogP contribution in [0.1, 0.15) is 26.7 Å². The summed E-state index contributed by atoms with van der Waals surface area (Å²) in [5.41, 5.74) is 5.95. The molecule has 106 valence electrons. The summed E-state index contributed by atoms with van der Waals surface area (Å²) in [5, 5.41) is 0. The second-order valence-corrected chi connectivity index (χ2v) is 5.82. The van der Waals surface area contributed by atoms with Crippen molar-refractivity contribution in [3.05, 3.63) is 0 Å². The zero-order chi connectivity index (χ0) is 13.5. The molecule has 0 spiro atoms. The molecule has 4 nitrogen and oxygen atoms in total. The van der Waals surface area contributed by atoms with E-state index in [9.17, 15) is 4.79 Å². The van der Waals surface area contributed by atoms with Crippen molar-refractivity contribution in [2.45, 2.75) is 38.8 Å². The number of hydrogen-bond acceptors (Lipinski definition) is 4. The van der Waals surface area contributed by atoms with Crippen LogP contribution >= 0.6 is 11.8 Å². The van der Waals surface area contributed by atoms with E-state index >= 15 is 0 Å². The molecule has 18 heavy (non-hydrogen) atoms. The van der Waals surface area contributed by atoms with Crippen LogP contribution in [0.2, 0.25) is 0 Å². The minimum Gasteiger partial charge on any atom is -0.340 e. The summed E-state index contributed by atoms with van der Waals surface area (Å²) in [6.07, 6.45) is 3.92. The van der Waals surface area contributed by atoms with Gasteiger partial charge in [-0.3, -0.25) is 9.69 Å². The minimum absolute atomic E-state index is 0.138. The quantitative estimate of drug-likeness (QED) is 0.752. The maximum Gasteiger partial charge on any atom is 0.239 e. The Hall–Kier alpha value is -0.260. The summed E-state index contributed by atoms with van der Waals surface area (Å²) in [6, 6.07) is 0.213. The van der Waals surface area contributed by atoms with E-state index in [1.54, 1.807) is 11.8 Å². The van der Waals surface area contributed by atoms with Crippen molar-refractivity contribution >= 4 is 17.7 Å². The number of nitrogens with zero attached hydrogens (tertiary/aromatic N) is 2. The van der Waals surface area contributed by atoms with E-state index in [1.165, 1.54) is 0 Å². The molecule has 0 bridgehead atoms. The Morgan fingerprint density at radius 3 is 2.72 bits per heavy atom. The average Bonchev–Trinajstić information content (AvgIpc) is 2.86. The van der Waals surface area contributed by atoms with Crippen molar-refractivity contribution in [3.8, 4) is 0 Å². The molecular weight excluding hydrogens is 246 g/mol. The molecule has 0 aromatic carbocycles. The summed E-state index contributed by atoms with van der Waals surface area (Å²) >= 11 is 1.74. The van der Waals surface area contributed by atoms with Gasteiger partial charge in [-0.1, -0.05) is 13.8 Å². The molecule has 1 saturated heterocycles. The lowest BCUT2D eigenvalue weighted by atomic mass is 10.2. The molecule has 1 unspecified atom stereocenters. The topological polar surface area (TPSA) is 49.6 Å². The molecule has 1 amide bonds. The molecule has 1 heterocycles.